The van der Waals surface area contributed by atoms with Gasteiger partial charge >= 0.3 is 0 Å². The quantitative estimate of drug-likeness (QED) is 0.677. The van der Waals surface area contributed by atoms with Crippen molar-refractivity contribution in [1.82, 2.24) is 0 Å². The third-order valence-electron chi connectivity index (χ3n) is 3.42. The van der Waals surface area contributed by atoms with E-state index in [0.717, 1.165) is 15.6 Å². The van der Waals surface area contributed by atoms with Gasteiger partial charge in [-0.25, -0.2) is 8.78 Å². The summed E-state index contributed by atoms with van der Waals surface area (Å²) in [6.45, 7) is 0. The molecule has 0 aliphatic rings. The summed E-state index contributed by atoms with van der Waals surface area (Å²) in [5.41, 5.74) is 7.00. The summed E-state index contributed by atoms with van der Waals surface area (Å²) in [6, 6.07) is 9.71. The highest BCUT2D eigenvalue weighted by Gasteiger charge is 2.19. The van der Waals surface area contributed by atoms with E-state index < -0.39 is 17.7 Å². The Morgan fingerprint density at radius 2 is 1.81 bits per heavy atom. The van der Waals surface area contributed by atoms with Gasteiger partial charge in [0.15, 0.2) is 0 Å². The second-order valence-corrected chi connectivity index (χ2v) is 6.68. The molecule has 1 atom stereocenters. The van der Waals surface area contributed by atoms with Gasteiger partial charge in [0.25, 0.3) is 0 Å². The second-order valence-electron chi connectivity index (χ2n) is 4.85. The van der Waals surface area contributed by atoms with Crippen LogP contribution in [0.5, 0.6) is 0 Å². The van der Waals surface area contributed by atoms with E-state index in [0.29, 0.717) is 10.9 Å². The highest BCUT2D eigenvalue weighted by molar-refractivity contribution is 9.10. The number of thiophene rings is 1. The molecule has 1 unspecified atom stereocenters. The zero-order valence-corrected chi connectivity index (χ0v) is 13.3. The molecule has 0 saturated heterocycles. The molecule has 0 bridgehead atoms. The Morgan fingerprint density at radius 1 is 1.14 bits per heavy atom. The summed E-state index contributed by atoms with van der Waals surface area (Å²) in [7, 11) is 0. The topological polar surface area (TPSA) is 26.0 Å². The van der Waals surface area contributed by atoms with Gasteiger partial charge in [-0.15, -0.1) is 11.3 Å². The van der Waals surface area contributed by atoms with Crippen molar-refractivity contribution in [3.8, 4) is 0 Å². The Labute approximate surface area is 133 Å². The average Bonchev–Trinajstić information content (AvgIpc) is 2.81. The second kappa shape index (κ2) is 5.83. The van der Waals surface area contributed by atoms with E-state index in [2.05, 4.69) is 15.9 Å². The minimum atomic E-state index is -0.712. The van der Waals surface area contributed by atoms with Gasteiger partial charge in [0.05, 0.1) is 0 Å². The van der Waals surface area contributed by atoms with Gasteiger partial charge in [0, 0.05) is 20.8 Å². The van der Waals surface area contributed by atoms with Gasteiger partial charge in [-0.05, 0) is 40.9 Å². The summed E-state index contributed by atoms with van der Waals surface area (Å²) in [5.74, 6) is -1.23. The lowest BCUT2D eigenvalue weighted by Gasteiger charge is -2.14. The average molecular weight is 368 g/mol. The Morgan fingerprint density at radius 3 is 2.52 bits per heavy atom. The third-order valence-corrected chi connectivity index (χ3v) is 4.89. The first kappa shape index (κ1) is 14.6. The molecule has 0 aliphatic carbocycles. The molecule has 2 N–H and O–H groups in total. The molecule has 0 aliphatic heterocycles. The standard InChI is InChI=1S/C16H12BrF2NS/c17-10-6-12(18)16(13(19)7-10)14(20)5-9-8-21-15-4-2-1-3-11(9)15/h1-4,6-8,14H,5,20H2. The van der Waals surface area contributed by atoms with Crippen LogP contribution in [0, 0.1) is 11.6 Å². The number of hydrogen-bond acceptors (Lipinski definition) is 2. The molecule has 0 saturated carbocycles. The van der Waals surface area contributed by atoms with E-state index in [1.807, 2.05) is 29.6 Å². The summed E-state index contributed by atoms with van der Waals surface area (Å²) in [5, 5.41) is 3.09. The fourth-order valence-corrected chi connectivity index (χ4v) is 3.82. The van der Waals surface area contributed by atoms with Gasteiger partial charge in [-0.1, -0.05) is 34.1 Å². The molecule has 108 valence electrons. The van der Waals surface area contributed by atoms with E-state index >= 15 is 0 Å². The molecule has 5 heteroatoms. The van der Waals surface area contributed by atoms with Crippen LogP contribution in [0.1, 0.15) is 17.2 Å². The maximum Gasteiger partial charge on any atom is 0.132 e. The normalized spacial score (nSPS) is 12.8. The van der Waals surface area contributed by atoms with Gasteiger partial charge in [-0.3, -0.25) is 0 Å². The van der Waals surface area contributed by atoms with Crippen LogP contribution in [0.3, 0.4) is 0 Å². The Balaban J connectivity index is 1.95. The largest absolute Gasteiger partial charge is 0.323 e. The van der Waals surface area contributed by atoms with Crippen LogP contribution < -0.4 is 5.73 Å². The van der Waals surface area contributed by atoms with Crippen molar-refractivity contribution in [2.75, 3.05) is 0 Å². The highest BCUT2D eigenvalue weighted by atomic mass is 79.9. The molecular weight excluding hydrogens is 356 g/mol. The first-order valence-electron chi connectivity index (χ1n) is 6.41. The number of hydrogen-bond donors (Lipinski definition) is 1. The summed E-state index contributed by atoms with van der Waals surface area (Å²) >= 11 is 4.68. The number of benzene rings is 2. The van der Waals surface area contributed by atoms with Crippen LogP contribution in [-0.4, -0.2) is 0 Å². The lowest BCUT2D eigenvalue weighted by Crippen LogP contribution is -2.16. The lowest BCUT2D eigenvalue weighted by molar-refractivity contribution is 0.524. The zero-order valence-electron chi connectivity index (χ0n) is 10.9. The number of rotatable bonds is 3. The van der Waals surface area contributed by atoms with Crippen molar-refractivity contribution in [3.05, 3.63) is 69.0 Å². The maximum absolute atomic E-state index is 14.0. The Bertz CT molecular complexity index is 777. The van der Waals surface area contributed by atoms with E-state index in [9.17, 15) is 8.78 Å². The number of nitrogens with two attached hydrogens (primary N) is 1. The number of halogens is 3. The highest BCUT2D eigenvalue weighted by Crippen LogP contribution is 2.31. The number of fused-ring (bicyclic) bond motifs is 1. The Hall–Kier alpha value is -1.30. The zero-order chi connectivity index (χ0) is 15.0. The van der Waals surface area contributed by atoms with Crippen LogP contribution in [0.25, 0.3) is 10.1 Å². The molecule has 0 radical (unpaired) electrons. The van der Waals surface area contributed by atoms with Gasteiger partial charge in [-0.2, -0.15) is 0 Å². The molecule has 1 aromatic heterocycles. The summed E-state index contributed by atoms with van der Waals surface area (Å²) in [4.78, 5) is 0. The van der Waals surface area contributed by atoms with Crippen LogP contribution >= 0.6 is 27.3 Å². The molecule has 1 nitrogen and oxygen atoms in total. The van der Waals surface area contributed by atoms with E-state index in [4.69, 9.17) is 5.73 Å². The van der Waals surface area contributed by atoms with Crippen molar-refractivity contribution in [2.24, 2.45) is 5.73 Å². The van der Waals surface area contributed by atoms with E-state index in [1.54, 1.807) is 11.3 Å². The molecule has 3 rings (SSSR count). The SMILES string of the molecule is NC(Cc1csc2ccccc12)c1c(F)cc(Br)cc1F. The lowest BCUT2D eigenvalue weighted by atomic mass is 9.98. The minimum Gasteiger partial charge on any atom is -0.323 e. The van der Waals surface area contributed by atoms with Crippen molar-refractivity contribution in [2.45, 2.75) is 12.5 Å². The molecular formula is C16H12BrF2NS. The van der Waals surface area contributed by atoms with E-state index in [1.165, 1.54) is 12.1 Å². The van der Waals surface area contributed by atoms with Crippen molar-refractivity contribution in [3.63, 3.8) is 0 Å². The van der Waals surface area contributed by atoms with Crippen LogP contribution in [-0.2, 0) is 6.42 Å². The van der Waals surface area contributed by atoms with Crippen LogP contribution in [0.4, 0.5) is 8.78 Å². The Kier molecular flexibility index (Phi) is 4.06. The summed E-state index contributed by atoms with van der Waals surface area (Å²) < 4.78 is 29.4. The van der Waals surface area contributed by atoms with E-state index in [-0.39, 0.29) is 5.56 Å². The predicted octanol–water partition coefficient (Wildman–Crippen LogP) is 5.18. The first-order valence-corrected chi connectivity index (χ1v) is 8.08. The first-order chi connectivity index (χ1) is 10.1. The molecule has 1 heterocycles. The fourth-order valence-electron chi connectivity index (χ4n) is 2.44. The van der Waals surface area contributed by atoms with Gasteiger partial charge in [0.2, 0.25) is 0 Å². The molecule has 2 aromatic carbocycles. The predicted molar refractivity (Wildman–Crippen MR) is 86.5 cm³/mol. The molecule has 21 heavy (non-hydrogen) atoms. The van der Waals surface area contributed by atoms with Crippen LogP contribution in [0.2, 0.25) is 0 Å². The molecule has 0 amide bonds. The van der Waals surface area contributed by atoms with Crippen molar-refractivity contribution >= 4 is 37.4 Å². The third kappa shape index (κ3) is 2.86. The van der Waals surface area contributed by atoms with Crippen molar-refractivity contribution < 1.29 is 8.78 Å². The molecule has 3 aromatic rings. The molecule has 0 spiro atoms. The van der Waals surface area contributed by atoms with Crippen molar-refractivity contribution in [1.29, 1.82) is 0 Å². The minimum absolute atomic E-state index is 0.0616. The molecule has 0 fully saturated rings. The maximum atomic E-state index is 14.0. The van der Waals surface area contributed by atoms with Crippen LogP contribution in [0.15, 0.2) is 46.3 Å². The van der Waals surface area contributed by atoms with Gasteiger partial charge < -0.3 is 5.73 Å². The fraction of sp³-hybridized carbons (Fsp3) is 0.125. The smallest absolute Gasteiger partial charge is 0.132 e. The summed E-state index contributed by atoms with van der Waals surface area (Å²) in [6.07, 6.45) is 0.402. The van der Waals surface area contributed by atoms with Gasteiger partial charge in [0.1, 0.15) is 11.6 Å². The monoisotopic (exact) mass is 367 g/mol.